The first kappa shape index (κ1) is 20.4. The number of anilines is 1. The Hall–Kier alpha value is -3.46. The van der Waals surface area contributed by atoms with Crippen molar-refractivity contribution in [1.29, 1.82) is 0 Å². The molecule has 1 aliphatic heterocycles. The number of carboxylic acids is 1. The highest BCUT2D eigenvalue weighted by Crippen LogP contribution is 2.41. The minimum absolute atomic E-state index is 0.0526. The van der Waals surface area contributed by atoms with E-state index < -0.39 is 11.6 Å². The topological polar surface area (TPSA) is 134 Å². The number of nitrogens with zero attached hydrogens (tertiary/aromatic N) is 4. The van der Waals surface area contributed by atoms with E-state index in [1.807, 2.05) is 11.0 Å². The van der Waals surface area contributed by atoms with Crippen LogP contribution in [0.1, 0.15) is 65.5 Å². The number of fused-ring (bicyclic) bond motifs is 2. The number of nitrogen functional groups attached to an aromatic ring is 1. The van der Waals surface area contributed by atoms with Gasteiger partial charge in [0.2, 0.25) is 0 Å². The fourth-order valence-corrected chi connectivity index (χ4v) is 4.58. The summed E-state index contributed by atoms with van der Waals surface area (Å²) in [6, 6.07) is 5.53. The van der Waals surface area contributed by atoms with Crippen molar-refractivity contribution in [2.75, 3.05) is 5.73 Å². The van der Waals surface area contributed by atoms with E-state index in [0.29, 0.717) is 34.8 Å². The molecule has 0 spiro atoms. The summed E-state index contributed by atoms with van der Waals surface area (Å²) < 4.78 is 1.33. The second kappa shape index (κ2) is 6.77. The number of carbonyl (C=O) groups is 2. The quantitative estimate of drug-likeness (QED) is 0.561. The van der Waals surface area contributed by atoms with Crippen LogP contribution in [0.15, 0.2) is 24.4 Å². The Bertz CT molecular complexity index is 1290. The Balaban J connectivity index is 1.66. The van der Waals surface area contributed by atoms with Crippen molar-refractivity contribution < 1.29 is 19.8 Å². The fourth-order valence-electron chi connectivity index (χ4n) is 4.58. The van der Waals surface area contributed by atoms with E-state index in [2.05, 4.69) is 17.0 Å². The summed E-state index contributed by atoms with van der Waals surface area (Å²) in [5.74, 6) is -0.834. The van der Waals surface area contributed by atoms with E-state index in [4.69, 9.17) is 5.73 Å². The summed E-state index contributed by atoms with van der Waals surface area (Å²) in [6.07, 6.45) is 3.87. The van der Waals surface area contributed by atoms with E-state index >= 15 is 0 Å². The molecule has 1 fully saturated rings. The average molecular weight is 435 g/mol. The Kier molecular flexibility index (Phi) is 4.32. The number of aromatic nitrogens is 3. The Morgan fingerprint density at radius 2 is 2.03 bits per heavy atom. The van der Waals surface area contributed by atoms with Gasteiger partial charge < -0.3 is 20.8 Å². The number of rotatable bonds is 5. The lowest BCUT2D eigenvalue weighted by Gasteiger charge is -2.25. The van der Waals surface area contributed by atoms with Crippen molar-refractivity contribution in [3.8, 4) is 11.3 Å². The largest absolute Gasteiger partial charge is 0.477 e. The lowest BCUT2D eigenvalue weighted by atomic mass is 9.88. The Morgan fingerprint density at radius 3 is 2.66 bits per heavy atom. The molecule has 0 bridgehead atoms. The minimum Gasteiger partial charge on any atom is -0.477 e. The highest BCUT2D eigenvalue weighted by atomic mass is 16.4. The monoisotopic (exact) mass is 435 g/mol. The van der Waals surface area contributed by atoms with Gasteiger partial charge in [-0.05, 0) is 68.9 Å². The van der Waals surface area contributed by atoms with Crippen LogP contribution in [0.2, 0.25) is 0 Å². The second-order valence-corrected chi connectivity index (χ2v) is 9.27. The van der Waals surface area contributed by atoms with Crippen LogP contribution in [0.4, 0.5) is 5.82 Å². The highest BCUT2D eigenvalue weighted by molar-refractivity contribution is 6.01. The molecule has 9 nitrogen and oxygen atoms in total. The molecule has 3 heterocycles. The summed E-state index contributed by atoms with van der Waals surface area (Å²) in [5.41, 5.74) is 7.61. The SMILES string of the molecule is C[C@@H](C1CC1)N1Cc2cc(-c3ccn4nc(N)c(C(=O)O)c4n3)cc(C(C)(C)O)c2C1=O. The maximum Gasteiger partial charge on any atom is 0.343 e. The number of hydrogen-bond acceptors (Lipinski definition) is 6. The number of nitrogens with two attached hydrogens (primary N) is 1. The van der Waals surface area contributed by atoms with Gasteiger partial charge in [-0.2, -0.15) is 0 Å². The van der Waals surface area contributed by atoms with Crippen LogP contribution < -0.4 is 5.73 Å². The predicted molar refractivity (Wildman–Crippen MR) is 117 cm³/mol. The van der Waals surface area contributed by atoms with Crippen molar-refractivity contribution in [2.24, 2.45) is 5.92 Å². The molecular formula is C23H25N5O4. The zero-order valence-electron chi connectivity index (χ0n) is 18.2. The molecule has 0 radical (unpaired) electrons. The molecule has 5 rings (SSSR count). The van der Waals surface area contributed by atoms with Crippen LogP contribution in [0.25, 0.3) is 16.9 Å². The molecule has 4 N–H and O–H groups in total. The molecule has 1 saturated carbocycles. The predicted octanol–water partition coefficient (Wildman–Crippen LogP) is 2.66. The van der Waals surface area contributed by atoms with E-state index in [0.717, 1.165) is 18.4 Å². The number of carbonyl (C=O) groups excluding carboxylic acids is 1. The molecule has 2 aliphatic rings. The van der Waals surface area contributed by atoms with Crippen molar-refractivity contribution >= 4 is 23.3 Å². The molecule has 0 unspecified atom stereocenters. The van der Waals surface area contributed by atoms with Gasteiger partial charge >= 0.3 is 5.97 Å². The van der Waals surface area contributed by atoms with Gasteiger partial charge in [-0.1, -0.05) is 0 Å². The summed E-state index contributed by atoms with van der Waals surface area (Å²) in [6.45, 7) is 5.87. The van der Waals surface area contributed by atoms with Crippen molar-refractivity contribution in [3.63, 3.8) is 0 Å². The molecule has 1 atom stereocenters. The molecule has 9 heteroatoms. The molecule has 32 heavy (non-hydrogen) atoms. The first-order valence-corrected chi connectivity index (χ1v) is 10.7. The van der Waals surface area contributed by atoms with Gasteiger partial charge in [0.25, 0.3) is 5.91 Å². The number of hydrogen-bond donors (Lipinski definition) is 3. The van der Waals surface area contributed by atoms with E-state index in [1.54, 1.807) is 32.2 Å². The molecule has 1 aromatic carbocycles. The molecule has 3 aromatic rings. The maximum absolute atomic E-state index is 13.3. The van der Waals surface area contributed by atoms with E-state index in [1.165, 1.54) is 4.52 Å². The molecule has 1 aliphatic carbocycles. The first-order valence-electron chi connectivity index (χ1n) is 10.7. The molecule has 166 valence electrons. The third-order valence-electron chi connectivity index (χ3n) is 6.51. The Labute approximate surface area is 184 Å². The normalized spacial score (nSPS) is 17.1. The van der Waals surface area contributed by atoms with Crippen molar-refractivity contribution in [2.45, 2.75) is 51.8 Å². The fraction of sp³-hybridized carbons (Fsp3) is 0.391. The summed E-state index contributed by atoms with van der Waals surface area (Å²) in [5, 5.41) is 24.4. The number of aliphatic hydroxyl groups is 1. The lowest BCUT2D eigenvalue weighted by Crippen LogP contribution is -2.35. The molecule has 2 aromatic heterocycles. The van der Waals surface area contributed by atoms with Gasteiger partial charge in [0.15, 0.2) is 11.5 Å². The zero-order valence-corrected chi connectivity index (χ0v) is 18.2. The third kappa shape index (κ3) is 3.12. The number of aromatic carboxylic acids is 1. The van der Waals surface area contributed by atoms with Crippen LogP contribution in [-0.4, -0.2) is 47.6 Å². The van der Waals surface area contributed by atoms with Gasteiger partial charge in [-0.3, -0.25) is 4.79 Å². The van der Waals surface area contributed by atoms with Crippen molar-refractivity contribution in [1.82, 2.24) is 19.5 Å². The van der Waals surface area contributed by atoms with Gasteiger partial charge in [0.05, 0.1) is 16.9 Å². The van der Waals surface area contributed by atoms with E-state index in [-0.39, 0.29) is 29.0 Å². The lowest BCUT2D eigenvalue weighted by molar-refractivity contribution is 0.0648. The van der Waals surface area contributed by atoms with Crippen LogP contribution >= 0.6 is 0 Å². The van der Waals surface area contributed by atoms with Crippen LogP contribution in [0.3, 0.4) is 0 Å². The molecule has 0 saturated heterocycles. The smallest absolute Gasteiger partial charge is 0.343 e. The van der Waals surface area contributed by atoms with Crippen molar-refractivity contribution in [3.05, 3.63) is 46.6 Å². The minimum atomic E-state index is -1.24. The van der Waals surface area contributed by atoms with Gasteiger partial charge in [0, 0.05) is 24.3 Å². The van der Waals surface area contributed by atoms with E-state index in [9.17, 15) is 19.8 Å². The maximum atomic E-state index is 13.3. The van der Waals surface area contributed by atoms with Crippen LogP contribution in [0.5, 0.6) is 0 Å². The molecule has 1 amide bonds. The summed E-state index contributed by atoms with van der Waals surface area (Å²) in [4.78, 5) is 31.3. The van der Waals surface area contributed by atoms with Crippen LogP contribution in [0, 0.1) is 5.92 Å². The number of benzene rings is 1. The molecular weight excluding hydrogens is 410 g/mol. The number of amides is 1. The standard InChI is InChI=1S/C23H25N5O4/c1-11(12-4-5-12)27-10-14-8-13(9-15(23(2,3)32)17(14)21(27)29)16-6-7-28-20(25-16)18(22(30)31)19(24)26-28/h6-9,11-12,32H,4-5,10H2,1-3H3,(H2,24,26)(H,30,31)/t11-/m0/s1. The van der Waals surface area contributed by atoms with Gasteiger partial charge in [-0.15, -0.1) is 5.10 Å². The Morgan fingerprint density at radius 1 is 1.31 bits per heavy atom. The third-order valence-corrected chi connectivity index (χ3v) is 6.51. The van der Waals surface area contributed by atoms with Gasteiger partial charge in [0.1, 0.15) is 5.56 Å². The average Bonchev–Trinajstić information content (AvgIpc) is 3.44. The first-order chi connectivity index (χ1) is 15.1. The van der Waals surface area contributed by atoms with Gasteiger partial charge in [-0.25, -0.2) is 14.3 Å². The van der Waals surface area contributed by atoms with Crippen LogP contribution in [-0.2, 0) is 12.1 Å². The highest BCUT2D eigenvalue weighted by Gasteiger charge is 2.41. The second-order valence-electron chi connectivity index (χ2n) is 9.27. The zero-order chi connectivity index (χ0) is 22.9. The number of carboxylic acid groups (broad SMARTS) is 1. The summed E-state index contributed by atoms with van der Waals surface area (Å²) >= 11 is 0. The summed E-state index contributed by atoms with van der Waals surface area (Å²) in [7, 11) is 0.